The Kier molecular flexibility index (Phi) is 2.45. The first-order valence-electron chi connectivity index (χ1n) is 5.45. The molecule has 0 N–H and O–H groups in total. The van der Waals surface area contributed by atoms with E-state index in [1.807, 2.05) is 30.3 Å². The molecule has 1 aliphatic heterocycles. The highest BCUT2D eigenvalue weighted by Gasteiger charge is 2.26. The van der Waals surface area contributed by atoms with Gasteiger partial charge in [-0.3, -0.25) is 4.79 Å². The molecule has 0 aliphatic carbocycles. The first-order chi connectivity index (χ1) is 8.38. The summed E-state index contributed by atoms with van der Waals surface area (Å²) in [6, 6.07) is 9.82. The number of carbonyl (C=O) groups excluding carboxylic acids is 1. The molecule has 0 spiro atoms. The van der Waals surface area contributed by atoms with Crippen molar-refractivity contribution < 1.29 is 9.53 Å². The number of aldehydes is 1. The Balaban J connectivity index is 2.04. The van der Waals surface area contributed by atoms with Crippen LogP contribution in [0, 0.1) is 0 Å². The van der Waals surface area contributed by atoms with Crippen molar-refractivity contribution in [3.8, 4) is 0 Å². The van der Waals surface area contributed by atoms with Crippen molar-refractivity contribution in [3.63, 3.8) is 0 Å². The Bertz CT molecular complexity index is 536. The summed E-state index contributed by atoms with van der Waals surface area (Å²) in [5.41, 5.74) is 1.03. The summed E-state index contributed by atoms with van der Waals surface area (Å²) in [7, 11) is 0. The summed E-state index contributed by atoms with van der Waals surface area (Å²) in [6.07, 6.45) is 0.430. The zero-order chi connectivity index (χ0) is 11.7. The van der Waals surface area contributed by atoms with Gasteiger partial charge in [0.15, 0.2) is 12.1 Å². The topological polar surface area (TPSA) is 57.0 Å². The second-order valence-corrected chi connectivity index (χ2v) is 3.83. The van der Waals surface area contributed by atoms with Crippen molar-refractivity contribution in [1.82, 2.24) is 14.8 Å². The number of aromatic nitrogens is 3. The van der Waals surface area contributed by atoms with Crippen LogP contribution in [-0.2, 0) is 11.3 Å². The molecule has 5 nitrogen and oxygen atoms in total. The summed E-state index contributed by atoms with van der Waals surface area (Å²) in [5, 5.41) is 4.10. The van der Waals surface area contributed by atoms with E-state index in [-0.39, 0.29) is 11.9 Å². The molecule has 0 saturated heterocycles. The third-order valence-corrected chi connectivity index (χ3v) is 2.75. The summed E-state index contributed by atoms with van der Waals surface area (Å²) in [5.74, 6) is 0.913. The molecule has 86 valence electrons. The van der Waals surface area contributed by atoms with E-state index in [9.17, 15) is 4.79 Å². The Morgan fingerprint density at radius 3 is 2.94 bits per heavy atom. The zero-order valence-electron chi connectivity index (χ0n) is 9.11. The van der Waals surface area contributed by atoms with Crippen LogP contribution in [-0.4, -0.2) is 27.7 Å². The van der Waals surface area contributed by atoms with Crippen molar-refractivity contribution in [1.29, 1.82) is 0 Å². The van der Waals surface area contributed by atoms with Crippen LogP contribution >= 0.6 is 0 Å². The Morgan fingerprint density at radius 1 is 1.35 bits per heavy atom. The Morgan fingerprint density at radius 2 is 2.18 bits per heavy atom. The van der Waals surface area contributed by atoms with Crippen LogP contribution in [0.1, 0.15) is 28.1 Å². The second kappa shape index (κ2) is 4.10. The molecule has 5 heteroatoms. The second-order valence-electron chi connectivity index (χ2n) is 3.83. The van der Waals surface area contributed by atoms with Gasteiger partial charge in [-0.15, -0.1) is 5.10 Å². The number of hydrogen-bond acceptors (Lipinski definition) is 4. The smallest absolute Gasteiger partial charge is 0.214 e. The van der Waals surface area contributed by atoms with Crippen LogP contribution in [0.25, 0.3) is 0 Å². The molecule has 1 atom stereocenters. The lowest BCUT2D eigenvalue weighted by Crippen LogP contribution is -2.23. The first-order valence-corrected chi connectivity index (χ1v) is 5.45. The number of nitrogens with zero attached hydrogens (tertiary/aromatic N) is 3. The lowest BCUT2D eigenvalue weighted by molar-refractivity contribution is 0.0390. The number of ether oxygens (including phenoxy) is 1. The molecule has 1 unspecified atom stereocenters. The maximum Gasteiger partial charge on any atom is 0.214 e. The molecule has 0 bridgehead atoms. The molecule has 0 fully saturated rings. The van der Waals surface area contributed by atoms with Crippen LogP contribution < -0.4 is 0 Å². The molecule has 1 aromatic heterocycles. The molecule has 0 amide bonds. The lowest BCUT2D eigenvalue weighted by atomic mass is 10.1. The molecule has 0 radical (unpaired) electrons. The van der Waals surface area contributed by atoms with Gasteiger partial charge in [0, 0.05) is 0 Å². The molecule has 2 aromatic rings. The van der Waals surface area contributed by atoms with Crippen LogP contribution in [0.15, 0.2) is 30.3 Å². The van der Waals surface area contributed by atoms with Crippen LogP contribution in [0.4, 0.5) is 0 Å². The van der Waals surface area contributed by atoms with E-state index in [0.717, 1.165) is 5.56 Å². The number of hydrogen-bond donors (Lipinski definition) is 0. The number of benzene rings is 1. The average molecular weight is 229 g/mol. The summed E-state index contributed by atoms with van der Waals surface area (Å²) in [4.78, 5) is 14.9. The molecule has 2 heterocycles. The minimum absolute atomic E-state index is 0.214. The van der Waals surface area contributed by atoms with Gasteiger partial charge in [-0.05, 0) is 5.56 Å². The SMILES string of the molecule is O=Cc1nc2n(n1)CCOC2c1ccccc1. The van der Waals surface area contributed by atoms with Gasteiger partial charge in [0.1, 0.15) is 6.10 Å². The van der Waals surface area contributed by atoms with E-state index in [1.165, 1.54) is 0 Å². The third kappa shape index (κ3) is 1.74. The summed E-state index contributed by atoms with van der Waals surface area (Å²) in [6.45, 7) is 1.22. The zero-order valence-corrected chi connectivity index (χ0v) is 9.11. The molecule has 3 rings (SSSR count). The van der Waals surface area contributed by atoms with Crippen molar-refractivity contribution in [2.45, 2.75) is 12.6 Å². The molecule has 0 saturated carbocycles. The molecular weight excluding hydrogens is 218 g/mol. The van der Waals surface area contributed by atoms with Gasteiger partial charge in [0.2, 0.25) is 5.82 Å². The van der Waals surface area contributed by atoms with Crippen molar-refractivity contribution >= 4 is 6.29 Å². The highest BCUT2D eigenvalue weighted by Crippen LogP contribution is 2.27. The Hall–Kier alpha value is -2.01. The van der Waals surface area contributed by atoms with Crippen LogP contribution in [0.2, 0.25) is 0 Å². The monoisotopic (exact) mass is 229 g/mol. The first kappa shape index (κ1) is 10.2. The summed E-state index contributed by atoms with van der Waals surface area (Å²) < 4.78 is 7.45. The molecule has 17 heavy (non-hydrogen) atoms. The Labute approximate surface area is 98.0 Å². The van der Waals surface area contributed by atoms with Crippen molar-refractivity contribution in [3.05, 3.63) is 47.5 Å². The number of rotatable bonds is 2. The van der Waals surface area contributed by atoms with Gasteiger partial charge in [-0.25, -0.2) is 9.67 Å². The van der Waals surface area contributed by atoms with Gasteiger partial charge >= 0.3 is 0 Å². The minimum Gasteiger partial charge on any atom is -0.364 e. The fourth-order valence-electron chi connectivity index (χ4n) is 1.99. The van der Waals surface area contributed by atoms with E-state index in [0.29, 0.717) is 25.3 Å². The maximum absolute atomic E-state index is 10.7. The largest absolute Gasteiger partial charge is 0.364 e. The predicted molar refractivity (Wildman–Crippen MR) is 59.6 cm³/mol. The van der Waals surface area contributed by atoms with E-state index < -0.39 is 0 Å². The standard InChI is InChI=1S/C12H11N3O2/c16-8-10-13-12-11(9-4-2-1-3-5-9)17-7-6-15(12)14-10/h1-5,8,11H,6-7H2. The lowest BCUT2D eigenvalue weighted by Gasteiger charge is -2.22. The molecular formula is C12H11N3O2. The van der Waals surface area contributed by atoms with Crippen molar-refractivity contribution in [2.75, 3.05) is 6.61 Å². The fraction of sp³-hybridized carbons (Fsp3) is 0.250. The highest BCUT2D eigenvalue weighted by atomic mass is 16.5. The fourth-order valence-corrected chi connectivity index (χ4v) is 1.99. The third-order valence-electron chi connectivity index (χ3n) is 2.75. The molecule has 1 aliphatic rings. The van der Waals surface area contributed by atoms with Crippen LogP contribution in [0.3, 0.4) is 0 Å². The van der Waals surface area contributed by atoms with Crippen molar-refractivity contribution in [2.24, 2.45) is 0 Å². The number of carbonyl (C=O) groups is 1. The molecule has 1 aromatic carbocycles. The highest BCUT2D eigenvalue weighted by molar-refractivity contribution is 5.68. The quantitative estimate of drug-likeness (QED) is 0.726. The predicted octanol–water partition coefficient (Wildman–Crippen LogP) is 1.21. The number of fused-ring (bicyclic) bond motifs is 1. The minimum atomic E-state index is -0.230. The van der Waals surface area contributed by atoms with E-state index in [4.69, 9.17) is 4.74 Å². The van der Waals surface area contributed by atoms with Gasteiger partial charge < -0.3 is 4.74 Å². The van der Waals surface area contributed by atoms with E-state index in [2.05, 4.69) is 10.1 Å². The van der Waals surface area contributed by atoms with E-state index >= 15 is 0 Å². The van der Waals surface area contributed by atoms with Gasteiger partial charge in [-0.2, -0.15) is 0 Å². The average Bonchev–Trinajstić information content (AvgIpc) is 2.82. The van der Waals surface area contributed by atoms with E-state index in [1.54, 1.807) is 4.68 Å². The normalized spacial score (nSPS) is 18.7. The van der Waals surface area contributed by atoms with Gasteiger partial charge in [0.25, 0.3) is 0 Å². The maximum atomic E-state index is 10.7. The van der Waals surface area contributed by atoms with Gasteiger partial charge in [-0.1, -0.05) is 30.3 Å². The van der Waals surface area contributed by atoms with Gasteiger partial charge in [0.05, 0.1) is 13.2 Å². The van der Waals surface area contributed by atoms with Crippen LogP contribution in [0.5, 0.6) is 0 Å². The summed E-state index contributed by atoms with van der Waals surface area (Å²) >= 11 is 0.